The fourth-order valence-corrected chi connectivity index (χ4v) is 1.08. The molecule has 2 atom stereocenters. The molecule has 0 aromatic rings. The highest BCUT2D eigenvalue weighted by atomic mass is 16.5. The van der Waals surface area contributed by atoms with Gasteiger partial charge in [-0.15, -0.1) is 0 Å². The lowest BCUT2D eigenvalue weighted by Gasteiger charge is -2.27. The minimum atomic E-state index is -1.97. The maximum absolute atomic E-state index is 11.5. The van der Waals surface area contributed by atoms with E-state index in [4.69, 9.17) is 10.8 Å². The molecule has 0 aromatic carbocycles. The molecule has 0 aliphatic carbocycles. The van der Waals surface area contributed by atoms with Gasteiger partial charge in [0.2, 0.25) is 5.54 Å². The third-order valence-electron chi connectivity index (χ3n) is 2.41. The summed E-state index contributed by atoms with van der Waals surface area (Å²) in [5, 5.41) is 8.95. The summed E-state index contributed by atoms with van der Waals surface area (Å²) in [5.41, 5.74) is 3.60. The molecule has 0 saturated carbocycles. The van der Waals surface area contributed by atoms with E-state index in [2.05, 4.69) is 11.3 Å². The van der Waals surface area contributed by atoms with Crippen molar-refractivity contribution >= 4 is 11.9 Å². The van der Waals surface area contributed by atoms with Crippen LogP contribution >= 0.6 is 0 Å². The zero-order valence-electron chi connectivity index (χ0n) is 9.03. The summed E-state index contributed by atoms with van der Waals surface area (Å²) < 4.78 is 4.68. The van der Waals surface area contributed by atoms with Crippen LogP contribution < -0.4 is 5.73 Å². The summed E-state index contributed by atoms with van der Waals surface area (Å²) >= 11 is 0. The molecule has 0 radical (unpaired) electrons. The van der Waals surface area contributed by atoms with Crippen molar-refractivity contribution in [1.29, 1.82) is 0 Å². The maximum atomic E-state index is 11.5. The molecule has 0 rings (SSSR count). The van der Waals surface area contributed by atoms with Crippen LogP contribution in [-0.4, -0.2) is 29.2 Å². The number of carboxylic acid groups (broad SMARTS) is 1. The van der Waals surface area contributed by atoms with E-state index in [0.717, 1.165) is 0 Å². The van der Waals surface area contributed by atoms with Crippen molar-refractivity contribution in [2.45, 2.75) is 25.8 Å². The zero-order valence-corrected chi connectivity index (χ0v) is 9.03. The molecule has 5 nitrogen and oxygen atoms in total. The number of aliphatic carboxylic acids is 1. The molecule has 0 aliphatic rings. The van der Waals surface area contributed by atoms with Gasteiger partial charge in [0.1, 0.15) is 6.61 Å². The summed E-state index contributed by atoms with van der Waals surface area (Å²) in [4.78, 5) is 22.5. The number of carboxylic acids is 1. The van der Waals surface area contributed by atoms with Gasteiger partial charge in [-0.05, 0) is 5.92 Å². The molecule has 0 amide bonds. The van der Waals surface area contributed by atoms with Crippen molar-refractivity contribution in [2.24, 2.45) is 11.7 Å². The van der Waals surface area contributed by atoms with Crippen LogP contribution in [0.15, 0.2) is 12.7 Å². The second kappa shape index (κ2) is 5.50. The number of ether oxygens (including phenoxy) is 1. The molecule has 0 aromatic heterocycles. The molecule has 5 heteroatoms. The predicted octanol–water partition coefficient (Wildman–Crippen LogP) is 0.544. The monoisotopic (exact) mass is 215 g/mol. The van der Waals surface area contributed by atoms with Gasteiger partial charge in [0.15, 0.2) is 0 Å². The topological polar surface area (TPSA) is 89.6 Å². The first kappa shape index (κ1) is 13.6. The van der Waals surface area contributed by atoms with Gasteiger partial charge in [-0.2, -0.15) is 0 Å². The van der Waals surface area contributed by atoms with Gasteiger partial charge in [-0.3, -0.25) is 0 Å². The minimum absolute atomic E-state index is 0.0402. The lowest BCUT2D eigenvalue weighted by Crippen LogP contribution is -2.60. The van der Waals surface area contributed by atoms with E-state index in [0.29, 0.717) is 6.42 Å². The molecule has 86 valence electrons. The van der Waals surface area contributed by atoms with Crippen molar-refractivity contribution in [3.05, 3.63) is 12.7 Å². The smallest absolute Gasteiger partial charge is 0.338 e. The average Bonchev–Trinajstić information content (AvgIpc) is 2.22. The third kappa shape index (κ3) is 2.79. The van der Waals surface area contributed by atoms with Gasteiger partial charge in [-0.25, -0.2) is 9.59 Å². The SMILES string of the molecule is C=CCOC(=O)[C@@](N)(C(=O)O)[C@@H](C)CC. The normalized spacial score (nSPS) is 16.2. The van der Waals surface area contributed by atoms with E-state index in [1.54, 1.807) is 13.8 Å². The standard InChI is InChI=1S/C10H17NO4/c1-4-6-15-9(14)10(11,8(12)13)7(3)5-2/h4,7H,1,5-6,11H2,2-3H3,(H,12,13)/t7-,10-/m0/s1. The molecule has 0 heterocycles. The fourth-order valence-electron chi connectivity index (χ4n) is 1.08. The number of hydrogen-bond donors (Lipinski definition) is 2. The summed E-state index contributed by atoms with van der Waals surface area (Å²) in [6.07, 6.45) is 1.84. The second-order valence-corrected chi connectivity index (χ2v) is 3.37. The van der Waals surface area contributed by atoms with Gasteiger partial charge in [0, 0.05) is 0 Å². The van der Waals surface area contributed by atoms with E-state index >= 15 is 0 Å². The first-order chi connectivity index (χ1) is 6.91. The first-order valence-corrected chi connectivity index (χ1v) is 4.71. The Kier molecular flexibility index (Phi) is 5.00. The molecule has 3 N–H and O–H groups in total. The van der Waals surface area contributed by atoms with Crippen molar-refractivity contribution in [2.75, 3.05) is 6.61 Å². The molecule has 0 spiro atoms. The lowest BCUT2D eigenvalue weighted by molar-refractivity contribution is -0.163. The molecule has 0 aliphatic heterocycles. The van der Waals surface area contributed by atoms with Gasteiger partial charge in [0.05, 0.1) is 0 Å². The Hall–Kier alpha value is -1.36. The van der Waals surface area contributed by atoms with Gasteiger partial charge in [-0.1, -0.05) is 32.9 Å². The molecule has 0 fully saturated rings. The Morgan fingerprint density at radius 1 is 1.67 bits per heavy atom. The number of carbonyl (C=O) groups is 2. The molecule has 0 bridgehead atoms. The van der Waals surface area contributed by atoms with E-state index < -0.39 is 23.4 Å². The fraction of sp³-hybridized carbons (Fsp3) is 0.600. The van der Waals surface area contributed by atoms with Crippen LogP contribution in [0.25, 0.3) is 0 Å². The van der Waals surface area contributed by atoms with Crippen LogP contribution in [0.3, 0.4) is 0 Å². The van der Waals surface area contributed by atoms with Crippen LogP contribution in [-0.2, 0) is 14.3 Å². The van der Waals surface area contributed by atoms with Gasteiger partial charge >= 0.3 is 11.9 Å². The molecule has 0 saturated heterocycles. The summed E-state index contributed by atoms with van der Waals surface area (Å²) in [6.45, 7) is 6.68. The van der Waals surface area contributed by atoms with E-state index in [9.17, 15) is 9.59 Å². The molecular formula is C10H17NO4. The van der Waals surface area contributed by atoms with Crippen LogP contribution in [0.4, 0.5) is 0 Å². The number of carbonyl (C=O) groups excluding carboxylic acids is 1. The van der Waals surface area contributed by atoms with Gasteiger partial charge in [0.25, 0.3) is 0 Å². The summed E-state index contributed by atoms with van der Waals surface area (Å²) in [7, 11) is 0. The number of esters is 1. The van der Waals surface area contributed by atoms with Gasteiger partial charge < -0.3 is 15.6 Å². The largest absolute Gasteiger partial charge is 0.479 e. The highest BCUT2D eigenvalue weighted by molar-refractivity contribution is 6.04. The Bertz CT molecular complexity index is 264. The predicted molar refractivity (Wildman–Crippen MR) is 55.2 cm³/mol. The van der Waals surface area contributed by atoms with Crippen LogP contribution in [0, 0.1) is 5.92 Å². The maximum Gasteiger partial charge on any atom is 0.338 e. The van der Waals surface area contributed by atoms with Crippen molar-refractivity contribution in [3.63, 3.8) is 0 Å². The zero-order chi connectivity index (χ0) is 12.1. The first-order valence-electron chi connectivity index (χ1n) is 4.71. The van der Waals surface area contributed by atoms with Crippen LogP contribution in [0.5, 0.6) is 0 Å². The number of rotatable bonds is 6. The Balaban J connectivity index is 4.85. The second-order valence-electron chi connectivity index (χ2n) is 3.37. The highest BCUT2D eigenvalue weighted by Crippen LogP contribution is 2.20. The lowest BCUT2D eigenvalue weighted by atomic mass is 9.84. The van der Waals surface area contributed by atoms with E-state index in [-0.39, 0.29) is 6.61 Å². The quantitative estimate of drug-likeness (QED) is 0.383. The van der Waals surface area contributed by atoms with Crippen LogP contribution in [0.2, 0.25) is 0 Å². The van der Waals surface area contributed by atoms with E-state index in [1.807, 2.05) is 0 Å². The highest BCUT2D eigenvalue weighted by Gasteiger charge is 2.48. The Morgan fingerprint density at radius 2 is 2.20 bits per heavy atom. The van der Waals surface area contributed by atoms with Crippen molar-refractivity contribution in [1.82, 2.24) is 0 Å². The number of nitrogens with two attached hydrogens (primary N) is 1. The van der Waals surface area contributed by atoms with Crippen molar-refractivity contribution in [3.8, 4) is 0 Å². The van der Waals surface area contributed by atoms with E-state index in [1.165, 1.54) is 6.08 Å². The third-order valence-corrected chi connectivity index (χ3v) is 2.41. The van der Waals surface area contributed by atoms with Crippen LogP contribution in [0.1, 0.15) is 20.3 Å². The van der Waals surface area contributed by atoms with Crippen molar-refractivity contribution < 1.29 is 19.4 Å². The Morgan fingerprint density at radius 3 is 2.53 bits per heavy atom. The molecule has 15 heavy (non-hydrogen) atoms. The molecular weight excluding hydrogens is 198 g/mol. The molecule has 0 unspecified atom stereocenters. The summed E-state index contributed by atoms with van der Waals surface area (Å²) in [5.74, 6) is -2.79. The Labute approximate surface area is 88.9 Å². The minimum Gasteiger partial charge on any atom is -0.479 e. The number of hydrogen-bond acceptors (Lipinski definition) is 4. The summed E-state index contributed by atoms with van der Waals surface area (Å²) in [6, 6.07) is 0. The average molecular weight is 215 g/mol.